The van der Waals surface area contributed by atoms with Crippen LogP contribution in [0.3, 0.4) is 0 Å². The fourth-order valence-electron chi connectivity index (χ4n) is 1.74. The number of alkyl halides is 1. The van der Waals surface area contributed by atoms with Gasteiger partial charge in [0.15, 0.2) is 5.82 Å². The number of hydrogen-bond acceptors (Lipinski definition) is 4. The minimum Gasteiger partial charge on any atom is -0.258 e. The van der Waals surface area contributed by atoms with Gasteiger partial charge in [-0.1, -0.05) is 41.9 Å². The molecule has 20 heavy (non-hydrogen) atoms. The van der Waals surface area contributed by atoms with Gasteiger partial charge in [-0.25, -0.2) is 4.98 Å². The van der Waals surface area contributed by atoms with Crippen LogP contribution in [0.25, 0.3) is 11.4 Å². The summed E-state index contributed by atoms with van der Waals surface area (Å²) >= 11 is 3.47. The molecular formula is C13H15BrN4O2. The third kappa shape index (κ3) is 3.41. The quantitative estimate of drug-likeness (QED) is 0.476. The monoisotopic (exact) mass is 338 g/mol. The number of aromatic nitrogens is 3. The molecule has 2 aromatic rings. The number of hydrogen-bond donors (Lipinski definition) is 0. The maximum atomic E-state index is 10.8. The molecule has 6 nitrogen and oxygen atoms in total. The van der Waals surface area contributed by atoms with Crippen molar-refractivity contribution < 1.29 is 4.92 Å². The first-order valence-electron chi connectivity index (χ1n) is 6.11. The number of rotatable bonds is 5. The molecule has 0 N–H and O–H groups in total. The molecule has 0 amide bonds. The Kier molecular flexibility index (Phi) is 4.17. The van der Waals surface area contributed by atoms with Crippen LogP contribution in [0, 0.1) is 15.5 Å². The van der Waals surface area contributed by atoms with Crippen molar-refractivity contribution in [2.24, 2.45) is 5.41 Å². The molecule has 0 saturated heterocycles. The largest absolute Gasteiger partial charge is 0.270 e. The number of nitro benzene ring substituents is 1. The first kappa shape index (κ1) is 14.6. The third-order valence-electron chi connectivity index (χ3n) is 2.80. The van der Waals surface area contributed by atoms with Gasteiger partial charge in [-0.3, -0.25) is 14.8 Å². The van der Waals surface area contributed by atoms with Crippen LogP contribution in [-0.4, -0.2) is 25.0 Å². The molecule has 0 radical (unpaired) electrons. The number of halogens is 1. The van der Waals surface area contributed by atoms with Gasteiger partial charge in [0.25, 0.3) is 5.69 Å². The standard InChI is InChI=1S/C13H15BrN4O2/c1-13(2,7-14)8-17-9-15-12(16-17)10-4-3-5-11(6-10)18(19)20/h3-6,9H,7-8H2,1-2H3. The van der Waals surface area contributed by atoms with E-state index in [9.17, 15) is 10.1 Å². The molecule has 7 heteroatoms. The highest BCUT2D eigenvalue weighted by Crippen LogP contribution is 2.23. The SMILES string of the molecule is CC(C)(CBr)Cn1cnc(-c2cccc([N+](=O)[O-])c2)n1. The zero-order valence-electron chi connectivity index (χ0n) is 11.3. The van der Waals surface area contributed by atoms with Gasteiger partial charge in [-0.05, 0) is 5.41 Å². The fraction of sp³-hybridized carbons (Fsp3) is 0.385. The Balaban J connectivity index is 2.25. The molecule has 1 aromatic carbocycles. The minimum atomic E-state index is -0.422. The van der Waals surface area contributed by atoms with Crippen LogP contribution >= 0.6 is 15.9 Å². The van der Waals surface area contributed by atoms with E-state index in [1.807, 2.05) is 0 Å². The van der Waals surface area contributed by atoms with Gasteiger partial charge in [0.05, 0.1) is 4.92 Å². The second kappa shape index (κ2) is 5.70. The summed E-state index contributed by atoms with van der Waals surface area (Å²) < 4.78 is 1.76. The molecule has 0 aliphatic carbocycles. The fourth-order valence-corrected chi connectivity index (χ4v) is 1.92. The van der Waals surface area contributed by atoms with Crippen molar-refractivity contribution in [3.63, 3.8) is 0 Å². The molecule has 0 bridgehead atoms. The Bertz CT molecular complexity index is 624. The van der Waals surface area contributed by atoms with Crippen LogP contribution in [0.15, 0.2) is 30.6 Å². The molecule has 0 spiro atoms. The van der Waals surface area contributed by atoms with Crippen molar-refractivity contribution in [2.45, 2.75) is 20.4 Å². The summed E-state index contributed by atoms with van der Waals surface area (Å²) in [5, 5.41) is 16.0. The van der Waals surface area contributed by atoms with Gasteiger partial charge in [0.1, 0.15) is 6.33 Å². The molecule has 0 unspecified atom stereocenters. The summed E-state index contributed by atoms with van der Waals surface area (Å²) in [6.45, 7) is 4.97. The van der Waals surface area contributed by atoms with Crippen LogP contribution in [0.5, 0.6) is 0 Å². The van der Waals surface area contributed by atoms with Crippen molar-refractivity contribution in [1.29, 1.82) is 0 Å². The van der Waals surface area contributed by atoms with Gasteiger partial charge in [-0.2, -0.15) is 5.10 Å². The van der Waals surface area contributed by atoms with Crippen molar-refractivity contribution in [1.82, 2.24) is 14.8 Å². The van der Waals surface area contributed by atoms with Gasteiger partial charge in [-0.15, -0.1) is 0 Å². The summed E-state index contributed by atoms with van der Waals surface area (Å²) in [5.41, 5.74) is 0.752. The highest BCUT2D eigenvalue weighted by Gasteiger charge is 2.18. The molecule has 1 aromatic heterocycles. The minimum absolute atomic E-state index is 0.0413. The topological polar surface area (TPSA) is 73.8 Å². The Morgan fingerprint density at radius 2 is 2.20 bits per heavy atom. The van der Waals surface area contributed by atoms with Crippen molar-refractivity contribution in [3.8, 4) is 11.4 Å². The highest BCUT2D eigenvalue weighted by atomic mass is 79.9. The number of non-ortho nitro benzene ring substituents is 1. The zero-order chi connectivity index (χ0) is 14.8. The first-order valence-corrected chi connectivity index (χ1v) is 7.24. The predicted octanol–water partition coefficient (Wildman–Crippen LogP) is 3.27. The molecule has 0 aliphatic heterocycles. The highest BCUT2D eigenvalue weighted by molar-refractivity contribution is 9.09. The van der Waals surface area contributed by atoms with E-state index >= 15 is 0 Å². The molecule has 0 aliphatic rings. The second-order valence-electron chi connectivity index (χ2n) is 5.37. The zero-order valence-corrected chi connectivity index (χ0v) is 12.9. The first-order chi connectivity index (χ1) is 9.41. The number of benzene rings is 1. The maximum Gasteiger partial charge on any atom is 0.270 e. The summed E-state index contributed by atoms with van der Waals surface area (Å²) in [6, 6.07) is 6.34. The molecule has 0 fully saturated rings. The van der Waals surface area contributed by atoms with Gasteiger partial charge in [0, 0.05) is 29.6 Å². The Morgan fingerprint density at radius 3 is 2.85 bits per heavy atom. The van der Waals surface area contributed by atoms with E-state index in [2.05, 4.69) is 39.9 Å². The predicted molar refractivity (Wildman–Crippen MR) is 79.7 cm³/mol. The summed E-state index contributed by atoms with van der Waals surface area (Å²) in [7, 11) is 0. The Labute approximate surface area is 125 Å². The van der Waals surface area contributed by atoms with Gasteiger partial charge >= 0.3 is 0 Å². The molecule has 106 valence electrons. The summed E-state index contributed by atoms with van der Waals surface area (Å²) in [6.07, 6.45) is 1.65. The lowest BCUT2D eigenvalue weighted by Crippen LogP contribution is -2.21. The van der Waals surface area contributed by atoms with E-state index < -0.39 is 4.92 Å². The number of nitro groups is 1. The van der Waals surface area contributed by atoms with Crippen LogP contribution in [-0.2, 0) is 6.54 Å². The lowest BCUT2D eigenvalue weighted by Gasteiger charge is -2.20. The lowest BCUT2D eigenvalue weighted by molar-refractivity contribution is -0.384. The van der Waals surface area contributed by atoms with E-state index in [4.69, 9.17) is 0 Å². The Hall–Kier alpha value is -1.76. The van der Waals surface area contributed by atoms with E-state index in [1.54, 1.807) is 23.1 Å². The van der Waals surface area contributed by atoms with Crippen LogP contribution in [0.2, 0.25) is 0 Å². The summed E-state index contributed by atoms with van der Waals surface area (Å²) in [5.74, 6) is 0.499. The third-order valence-corrected chi connectivity index (χ3v) is 4.32. The van der Waals surface area contributed by atoms with Crippen molar-refractivity contribution in [2.75, 3.05) is 5.33 Å². The second-order valence-corrected chi connectivity index (χ2v) is 5.93. The normalized spacial score (nSPS) is 11.6. The van der Waals surface area contributed by atoms with E-state index in [1.165, 1.54) is 12.1 Å². The van der Waals surface area contributed by atoms with E-state index in [-0.39, 0.29) is 11.1 Å². The molecule has 0 atom stereocenters. The maximum absolute atomic E-state index is 10.8. The molecule has 1 heterocycles. The van der Waals surface area contributed by atoms with Gasteiger partial charge in [0.2, 0.25) is 0 Å². The smallest absolute Gasteiger partial charge is 0.258 e. The Morgan fingerprint density at radius 1 is 1.45 bits per heavy atom. The molecular weight excluding hydrogens is 324 g/mol. The van der Waals surface area contributed by atoms with E-state index in [0.717, 1.165) is 11.9 Å². The van der Waals surface area contributed by atoms with Crippen molar-refractivity contribution in [3.05, 3.63) is 40.7 Å². The summed E-state index contributed by atoms with van der Waals surface area (Å²) in [4.78, 5) is 14.6. The lowest BCUT2D eigenvalue weighted by atomic mass is 9.97. The number of nitrogens with zero attached hydrogens (tertiary/aromatic N) is 4. The average molecular weight is 339 g/mol. The van der Waals surface area contributed by atoms with Crippen LogP contribution in [0.4, 0.5) is 5.69 Å². The van der Waals surface area contributed by atoms with E-state index in [0.29, 0.717) is 11.4 Å². The van der Waals surface area contributed by atoms with Crippen molar-refractivity contribution >= 4 is 21.6 Å². The van der Waals surface area contributed by atoms with Gasteiger partial charge < -0.3 is 0 Å². The van der Waals surface area contributed by atoms with Crippen LogP contribution in [0.1, 0.15) is 13.8 Å². The van der Waals surface area contributed by atoms with Crippen LogP contribution < -0.4 is 0 Å². The molecule has 0 saturated carbocycles. The molecule has 2 rings (SSSR count). The average Bonchev–Trinajstić information content (AvgIpc) is 2.86.